The molecule has 0 aliphatic rings. The second-order valence-electron chi connectivity index (χ2n) is 5.31. The summed E-state index contributed by atoms with van der Waals surface area (Å²) in [4.78, 5) is 11.3. The quantitative estimate of drug-likeness (QED) is 0.459. The van der Waals surface area contributed by atoms with E-state index < -0.39 is 0 Å². The van der Waals surface area contributed by atoms with Crippen molar-refractivity contribution >= 4 is 11.5 Å². The molecule has 0 spiro atoms. The Hall–Kier alpha value is -1.83. The van der Waals surface area contributed by atoms with Crippen LogP contribution in [0.2, 0.25) is 0 Å². The average Bonchev–Trinajstić information content (AvgIpc) is 2.34. The van der Waals surface area contributed by atoms with E-state index in [1.165, 1.54) is 17.2 Å². The standard InChI is InChI=1S/C17H22O2/c1-5-19-16(18)13-9-12-15(17(2,3)4)14-10-7-6-8-11-14/h6-13H,5H2,1-4H3/b13-9+,15-12-. The topological polar surface area (TPSA) is 26.3 Å². The Labute approximate surface area is 115 Å². The molecule has 0 N–H and O–H groups in total. The molecule has 2 nitrogen and oxygen atoms in total. The van der Waals surface area contributed by atoms with Gasteiger partial charge in [0.1, 0.15) is 0 Å². The summed E-state index contributed by atoms with van der Waals surface area (Å²) in [6.45, 7) is 8.67. The monoisotopic (exact) mass is 258 g/mol. The Kier molecular flexibility index (Phi) is 5.56. The van der Waals surface area contributed by atoms with Gasteiger partial charge in [-0.3, -0.25) is 0 Å². The zero-order chi connectivity index (χ0) is 14.3. The third-order valence-corrected chi connectivity index (χ3v) is 2.67. The molecule has 0 fully saturated rings. The Bertz CT molecular complexity index is 462. The lowest BCUT2D eigenvalue weighted by atomic mass is 9.82. The molecular weight excluding hydrogens is 236 g/mol. The molecule has 0 aromatic heterocycles. The summed E-state index contributed by atoms with van der Waals surface area (Å²) < 4.78 is 4.86. The Balaban J connectivity index is 2.97. The first kappa shape index (κ1) is 15.2. The number of carbonyl (C=O) groups is 1. The van der Waals surface area contributed by atoms with Gasteiger partial charge in [-0.05, 0) is 23.5 Å². The molecule has 19 heavy (non-hydrogen) atoms. The van der Waals surface area contributed by atoms with Crippen molar-refractivity contribution in [2.24, 2.45) is 5.41 Å². The van der Waals surface area contributed by atoms with Gasteiger partial charge in [0.25, 0.3) is 0 Å². The van der Waals surface area contributed by atoms with Crippen LogP contribution in [-0.4, -0.2) is 12.6 Å². The first-order valence-electron chi connectivity index (χ1n) is 6.56. The van der Waals surface area contributed by atoms with E-state index in [0.29, 0.717) is 6.61 Å². The molecule has 102 valence electrons. The largest absolute Gasteiger partial charge is 0.463 e. The fourth-order valence-electron chi connectivity index (χ4n) is 1.81. The van der Waals surface area contributed by atoms with Gasteiger partial charge in [-0.15, -0.1) is 0 Å². The summed E-state index contributed by atoms with van der Waals surface area (Å²) in [7, 11) is 0. The van der Waals surface area contributed by atoms with Crippen molar-refractivity contribution in [2.75, 3.05) is 6.61 Å². The van der Waals surface area contributed by atoms with Crippen LogP contribution in [0.15, 0.2) is 48.6 Å². The van der Waals surface area contributed by atoms with E-state index in [0.717, 1.165) is 0 Å². The van der Waals surface area contributed by atoms with E-state index in [1.54, 1.807) is 13.0 Å². The minimum Gasteiger partial charge on any atom is -0.463 e. The van der Waals surface area contributed by atoms with Crippen LogP contribution in [0.1, 0.15) is 33.3 Å². The van der Waals surface area contributed by atoms with Crippen molar-refractivity contribution < 1.29 is 9.53 Å². The van der Waals surface area contributed by atoms with Gasteiger partial charge < -0.3 is 4.74 Å². The molecule has 0 atom stereocenters. The Morgan fingerprint density at radius 2 is 1.84 bits per heavy atom. The number of ether oxygens (including phenoxy) is 1. The zero-order valence-electron chi connectivity index (χ0n) is 12.1. The maximum atomic E-state index is 11.3. The van der Waals surface area contributed by atoms with E-state index in [9.17, 15) is 4.79 Å². The molecule has 0 bridgehead atoms. The highest BCUT2D eigenvalue weighted by atomic mass is 16.5. The van der Waals surface area contributed by atoms with E-state index >= 15 is 0 Å². The van der Waals surface area contributed by atoms with Crippen molar-refractivity contribution in [1.29, 1.82) is 0 Å². The van der Waals surface area contributed by atoms with Crippen molar-refractivity contribution in [3.05, 3.63) is 54.1 Å². The molecule has 0 heterocycles. The molecule has 2 heteroatoms. The van der Waals surface area contributed by atoms with E-state index in [-0.39, 0.29) is 11.4 Å². The first-order valence-corrected chi connectivity index (χ1v) is 6.56. The van der Waals surface area contributed by atoms with Crippen LogP contribution in [0, 0.1) is 5.41 Å². The van der Waals surface area contributed by atoms with Crippen molar-refractivity contribution in [3.8, 4) is 0 Å². The summed E-state index contributed by atoms with van der Waals surface area (Å²) in [6.07, 6.45) is 5.19. The first-order chi connectivity index (χ1) is 8.95. The van der Waals surface area contributed by atoms with E-state index in [1.807, 2.05) is 24.3 Å². The Morgan fingerprint density at radius 3 is 2.37 bits per heavy atom. The number of rotatable bonds is 4. The van der Waals surface area contributed by atoms with Gasteiger partial charge >= 0.3 is 5.97 Å². The normalized spacial score (nSPS) is 12.7. The highest BCUT2D eigenvalue weighted by Gasteiger charge is 2.17. The molecule has 0 amide bonds. The highest BCUT2D eigenvalue weighted by Crippen LogP contribution is 2.33. The van der Waals surface area contributed by atoms with Gasteiger partial charge in [0.15, 0.2) is 0 Å². The average molecular weight is 258 g/mol. The van der Waals surface area contributed by atoms with Crippen LogP contribution in [-0.2, 0) is 9.53 Å². The molecule has 0 aliphatic heterocycles. The number of allylic oxidation sites excluding steroid dienone is 3. The van der Waals surface area contributed by atoms with Gasteiger partial charge in [0, 0.05) is 6.08 Å². The van der Waals surface area contributed by atoms with Crippen molar-refractivity contribution in [3.63, 3.8) is 0 Å². The van der Waals surface area contributed by atoms with Gasteiger partial charge in [-0.25, -0.2) is 4.79 Å². The molecular formula is C17H22O2. The molecule has 0 aliphatic carbocycles. The highest BCUT2D eigenvalue weighted by molar-refractivity contribution is 5.83. The molecule has 1 rings (SSSR count). The second-order valence-corrected chi connectivity index (χ2v) is 5.31. The lowest BCUT2D eigenvalue weighted by Gasteiger charge is -2.23. The molecule has 0 saturated heterocycles. The van der Waals surface area contributed by atoms with Crippen LogP contribution in [0.4, 0.5) is 0 Å². The molecule has 1 aromatic carbocycles. The summed E-state index contributed by atoms with van der Waals surface area (Å²) in [5.74, 6) is -0.305. The molecule has 0 saturated carbocycles. The number of esters is 1. The van der Waals surface area contributed by atoms with Crippen molar-refractivity contribution in [1.82, 2.24) is 0 Å². The Morgan fingerprint density at radius 1 is 1.21 bits per heavy atom. The predicted octanol–water partition coefficient (Wildman–Crippen LogP) is 4.24. The number of hydrogen-bond acceptors (Lipinski definition) is 2. The number of hydrogen-bond donors (Lipinski definition) is 0. The third kappa shape index (κ3) is 5.12. The lowest BCUT2D eigenvalue weighted by molar-refractivity contribution is -0.137. The van der Waals surface area contributed by atoms with Gasteiger partial charge in [-0.2, -0.15) is 0 Å². The van der Waals surface area contributed by atoms with Crippen molar-refractivity contribution in [2.45, 2.75) is 27.7 Å². The van der Waals surface area contributed by atoms with Crippen LogP contribution >= 0.6 is 0 Å². The zero-order valence-corrected chi connectivity index (χ0v) is 12.1. The maximum Gasteiger partial charge on any atom is 0.330 e. The van der Waals surface area contributed by atoms with Gasteiger partial charge in [0.2, 0.25) is 0 Å². The molecule has 1 aromatic rings. The third-order valence-electron chi connectivity index (χ3n) is 2.67. The van der Waals surface area contributed by atoms with Crippen LogP contribution in [0.3, 0.4) is 0 Å². The van der Waals surface area contributed by atoms with Gasteiger partial charge in [-0.1, -0.05) is 63.3 Å². The predicted molar refractivity (Wildman–Crippen MR) is 79.6 cm³/mol. The minimum absolute atomic E-state index is 0.0142. The van der Waals surface area contributed by atoms with Crippen LogP contribution < -0.4 is 0 Å². The fraction of sp³-hybridized carbons (Fsp3) is 0.353. The summed E-state index contributed by atoms with van der Waals surface area (Å²) in [5, 5.41) is 0. The molecule has 0 unspecified atom stereocenters. The van der Waals surface area contributed by atoms with Crippen LogP contribution in [0.5, 0.6) is 0 Å². The maximum absolute atomic E-state index is 11.3. The lowest BCUT2D eigenvalue weighted by Crippen LogP contribution is -2.08. The number of carbonyl (C=O) groups excluding carboxylic acids is 1. The van der Waals surface area contributed by atoms with Crippen LogP contribution in [0.25, 0.3) is 5.57 Å². The second kappa shape index (κ2) is 6.93. The summed E-state index contributed by atoms with van der Waals surface area (Å²) >= 11 is 0. The fourth-order valence-corrected chi connectivity index (χ4v) is 1.81. The number of benzene rings is 1. The minimum atomic E-state index is -0.305. The SMILES string of the molecule is CCOC(=O)/C=C/C=C(/c1ccccc1)C(C)(C)C. The summed E-state index contributed by atoms with van der Waals surface area (Å²) in [6, 6.07) is 10.2. The van der Waals surface area contributed by atoms with E-state index in [4.69, 9.17) is 4.74 Å². The smallest absolute Gasteiger partial charge is 0.330 e. The van der Waals surface area contributed by atoms with Gasteiger partial charge in [0.05, 0.1) is 6.61 Å². The summed E-state index contributed by atoms with van der Waals surface area (Å²) in [5.41, 5.74) is 2.37. The van der Waals surface area contributed by atoms with E-state index in [2.05, 4.69) is 32.9 Å². The molecule has 0 radical (unpaired) electrons.